The Balaban J connectivity index is 1.75. The van der Waals surface area contributed by atoms with E-state index < -0.39 is 0 Å². The fourth-order valence-electron chi connectivity index (χ4n) is 2.83. The number of hydrogen-bond donors (Lipinski definition) is 1. The summed E-state index contributed by atoms with van der Waals surface area (Å²) >= 11 is 1.51. The monoisotopic (exact) mass is 355 g/mol. The van der Waals surface area contributed by atoms with E-state index in [2.05, 4.69) is 4.90 Å². The van der Waals surface area contributed by atoms with Gasteiger partial charge in [-0.05, 0) is 24.3 Å². The van der Waals surface area contributed by atoms with Crippen LogP contribution in [0.3, 0.4) is 0 Å². The Bertz CT molecular complexity index is 758. The number of nitrogen functional groups attached to an aromatic ring is 1. The van der Waals surface area contributed by atoms with E-state index in [9.17, 15) is 9.59 Å². The number of aldehydes is 1. The molecule has 5 nitrogen and oxygen atoms in total. The quantitative estimate of drug-likeness (QED) is 0.659. The number of hydrogen-bond acceptors (Lipinski definition) is 5. The van der Waals surface area contributed by atoms with Crippen LogP contribution in [-0.2, 0) is 4.79 Å². The van der Waals surface area contributed by atoms with Crippen LogP contribution in [-0.4, -0.2) is 54.7 Å². The average molecular weight is 355 g/mol. The lowest BCUT2D eigenvalue weighted by Gasteiger charge is -2.34. The predicted octanol–water partition coefficient (Wildman–Crippen LogP) is 2.38. The number of amides is 1. The van der Waals surface area contributed by atoms with Crippen LogP contribution in [0.4, 0.5) is 5.69 Å². The number of anilines is 1. The Labute approximate surface area is 151 Å². The Kier molecular flexibility index (Phi) is 5.73. The molecule has 1 heterocycles. The molecule has 0 aliphatic carbocycles. The molecule has 2 aromatic rings. The summed E-state index contributed by atoms with van der Waals surface area (Å²) in [6, 6.07) is 15.3. The molecule has 6 heteroatoms. The molecular weight excluding hydrogens is 334 g/mol. The van der Waals surface area contributed by atoms with Crippen molar-refractivity contribution in [2.75, 3.05) is 38.5 Å². The van der Waals surface area contributed by atoms with Crippen LogP contribution in [0.1, 0.15) is 10.4 Å². The third-order valence-corrected chi connectivity index (χ3v) is 5.42. The molecule has 0 saturated carbocycles. The number of carbonyl (C=O) groups is 2. The molecule has 0 bridgehead atoms. The van der Waals surface area contributed by atoms with Crippen molar-refractivity contribution in [3.05, 3.63) is 54.1 Å². The van der Waals surface area contributed by atoms with Crippen molar-refractivity contribution in [1.82, 2.24) is 9.80 Å². The third-order valence-electron chi connectivity index (χ3n) is 4.25. The van der Waals surface area contributed by atoms with Crippen LogP contribution in [0.25, 0.3) is 0 Å². The Morgan fingerprint density at radius 1 is 1.00 bits per heavy atom. The molecular formula is C19H21N3O2S. The highest BCUT2D eigenvalue weighted by atomic mass is 32.2. The number of nitrogens with zero attached hydrogens (tertiary/aromatic N) is 2. The molecule has 0 radical (unpaired) electrons. The van der Waals surface area contributed by atoms with Gasteiger partial charge in [0.2, 0.25) is 0 Å². The zero-order valence-electron chi connectivity index (χ0n) is 13.9. The third kappa shape index (κ3) is 4.21. The summed E-state index contributed by atoms with van der Waals surface area (Å²) in [5, 5.41) is 0. The van der Waals surface area contributed by atoms with E-state index in [0.717, 1.165) is 29.2 Å². The summed E-state index contributed by atoms with van der Waals surface area (Å²) in [7, 11) is 0. The van der Waals surface area contributed by atoms with Gasteiger partial charge in [0.15, 0.2) is 0 Å². The SMILES string of the molecule is Nc1ccccc1Sc1ccccc1C(=O)N1CCN(CC=O)CC1. The molecule has 2 aromatic carbocycles. The van der Waals surface area contributed by atoms with Crippen molar-refractivity contribution in [2.24, 2.45) is 0 Å². The zero-order chi connectivity index (χ0) is 17.6. The van der Waals surface area contributed by atoms with Gasteiger partial charge in [-0.1, -0.05) is 36.0 Å². The van der Waals surface area contributed by atoms with Crippen LogP contribution in [0.2, 0.25) is 0 Å². The summed E-state index contributed by atoms with van der Waals surface area (Å²) in [5.41, 5.74) is 7.43. The highest BCUT2D eigenvalue weighted by Gasteiger charge is 2.23. The number of piperazine rings is 1. The number of rotatable bonds is 5. The second-order valence-electron chi connectivity index (χ2n) is 5.90. The number of para-hydroxylation sites is 1. The second kappa shape index (κ2) is 8.18. The Hall–Kier alpha value is -2.31. The molecule has 1 aliphatic heterocycles. The van der Waals surface area contributed by atoms with E-state index in [-0.39, 0.29) is 5.91 Å². The zero-order valence-corrected chi connectivity index (χ0v) is 14.7. The van der Waals surface area contributed by atoms with Crippen molar-refractivity contribution in [2.45, 2.75) is 9.79 Å². The molecule has 0 atom stereocenters. The first-order chi connectivity index (χ1) is 12.2. The predicted molar refractivity (Wildman–Crippen MR) is 99.8 cm³/mol. The van der Waals surface area contributed by atoms with Gasteiger partial charge in [0.1, 0.15) is 6.29 Å². The maximum atomic E-state index is 13.0. The van der Waals surface area contributed by atoms with Crippen LogP contribution in [0, 0.1) is 0 Å². The highest BCUT2D eigenvalue weighted by molar-refractivity contribution is 7.99. The summed E-state index contributed by atoms with van der Waals surface area (Å²) < 4.78 is 0. The summed E-state index contributed by atoms with van der Waals surface area (Å²) in [5.74, 6) is 0.0309. The van der Waals surface area contributed by atoms with Crippen molar-refractivity contribution in [1.29, 1.82) is 0 Å². The van der Waals surface area contributed by atoms with E-state index in [1.807, 2.05) is 53.4 Å². The van der Waals surface area contributed by atoms with Crippen molar-refractivity contribution >= 4 is 29.6 Å². The second-order valence-corrected chi connectivity index (χ2v) is 6.98. The van der Waals surface area contributed by atoms with Gasteiger partial charge >= 0.3 is 0 Å². The smallest absolute Gasteiger partial charge is 0.255 e. The lowest BCUT2D eigenvalue weighted by molar-refractivity contribution is -0.109. The standard InChI is InChI=1S/C19H21N3O2S/c20-16-6-2-4-8-18(16)25-17-7-3-1-5-15(17)19(24)22-11-9-21(10-12-22)13-14-23/h1-8,14H,9-13,20H2. The minimum Gasteiger partial charge on any atom is -0.398 e. The lowest BCUT2D eigenvalue weighted by Crippen LogP contribution is -2.49. The van der Waals surface area contributed by atoms with Gasteiger partial charge in [0.25, 0.3) is 5.91 Å². The largest absolute Gasteiger partial charge is 0.398 e. The Morgan fingerprint density at radius 3 is 2.32 bits per heavy atom. The van der Waals surface area contributed by atoms with E-state index >= 15 is 0 Å². The fraction of sp³-hybridized carbons (Fsp3) is 0.263. The molecule has 0 unspecified atom stereocenters. The fourth-order valence-corrected chi connectivity index (χ4v) is 3.81. The summed E-state index contributed by atoms with van der Waals surface area (Å²) in [4.78, 5) is 29.3. The van der Waals surface area contributed by atoms with Crippen molar-refractivity contribution in [3.8, 4) is 0 Å². The minimum atomic E-state index is 0.0309. The van der Waals surface area contributed by atoms with Crippen LogP contribution in [0.15, 0.2) is 58.3 Å². The first-order valence-corrected chi connectivity index (χ1v) is 9.07. The lowest BCUT2D eigenvalue weighted by atomic mass is 10.2. The van der Waals surface area contributed by atoms with Gasteiger partial charge in [-0.2, -0.15) is 0 Å². The maximum Gasteiger partial charge on any atom is 0.255 e. The number of nitrogens with two attached hydrogens (primary N) is 1. The van der Waals surface area contributed by atoms with Gasteiger partial charge in [-0.25, -0.2) is 0 Å². The summed E-state index contributed by atoms with van der Waals surface area (Å²) in [6.45, 7) is 3.16. The average Bonchev–Trinajstić information content (AvgIpc) is 2.64. The molecule has 2 N–H and O–H groups in total. The molecule has 25 heavy (non-hydrogen) atoms. The van der Waals surface area contributed by atoms with E-state index in [4.69, 9.17) is 5.73 Å². The van der Waals surface area contributed by atoms with E-state index in [1.54, 1.807) is 0 Å². The highest BCUT2D eigenvalue weighted by Crippen LogP contribution is 2.34. The summed E-state index contributed by atoms with van der Waals surface area (Å²) in [6.07, 6.45) is 0.910. The van der Waals surface area contributed by atoms with Crippen molar-refractivity contribution < 1.29 is 9.59 Å². The molecule has 0 aromatic heterocycles. The first kappa shape index (κ1) is 17.5. The van der Waals surface area contributed by atoms with Gasteiger partial charge in [-0.15, -0.1) is 0 Å². The van der Waals surface area contributed by atoms with Crippen LogP contribution in [0.5, 0.6) is 0 Å². The topological polar surface area (TPSA) is 66.6 Å². The van der Waals surface area contributed by atoms with E-state index in [1.165, 1.54) is 11.8 Å². The molecule has 1 saturated heterocycles. The van der Waals surface area contributed by atoms with Gasteiger partial charge in [0.05, 0.1) is 12.1 Å². The normalized spacial score (nSPS) is 15.1. The molecule has 1 amide bonds. The molecule has 130 valence electrons. The van der Waals surface area contributed by atoms with Crippen LogP contribution >= 0.6 is 11.8 Å². The Morgan fingerprint density at radius 2 is 1.64 bits per heavy atom. The molecule has 0 spiro atoms. The van der Waals surface area contributed by atoms with Crippen molar-refractivity contribution in [3.63, 3.8) is 0 Å². The maximum absolute atomic E-state index is 13.0. The molecule has 1 aliphatic rings. The van der Waals surface area contributed by atoms with Gasteiger partial charge in [0, 0.05) is 41.7 Å². The number of carbonyl (C=O) groups excluding carboxylic acids is 2. The molecule has 3 rings (SSSR count). The van der Waals surface area contributed by atoms with E-state index in [0.29, 0.717) is 30.9 Å². The number of benzene rings is 2. The molecule has 1 fully saturated rings. The van der Waals surface area contributed by atoms with Gasteiger partial charge < -0.3 is 15.4 Å². The first-order valence-electron chi connectivity index (χ1n) is 8.25. The van der Waals surface area contributed by atoms with Gasteiger partial charge in [-0.3, -0.25) is 9.69 Å². The minimum absolute atomic E-state index is 0.0309. The van der Waals surface area contributed by atoms with Crippen LogP contribution < -0.4 is 5.73 Å².